The van der Waals surface area contributed by atoms with Crippen molar-refractivity contribution in [3.63, 3.8) is 0 Å². The first-order valence-electron chi connectivity index (χ1n) is 4.37. The van der Waals surface area contributed by atoms with Crippen molar-refractivity contribution >= 4 is 0 Å². The van der Waals surface area contributed by atoms with E-state index in [1.54, 1.807) is 25.1 Å². The second-order valence-electron chi connectivity index (χ2n) is 3.50. The van der Waals surface area contributed by atoms with Gasteiger partial charge in [0, 0.05) is 11.1 Å². The van der Waals surface area contributed by atoms with E-state index in [0.29, 0.717) is 11.1 Å². The Hall–Kier alpha value is -1.31. The number of aromatic hydroxyl groups is 1. The van der Waals surface area contributed by atoms with Gasteiger partial charge in [-0.05, 0) is 12.8 Å². The second-order valence-corrected chi connectivity index (χ2v) is 3.50. The minimum absolute atomic E-state index is 0.113. The van der Waals surface area contributed by atoms with Crippen molar-refractivity contribution in [1.82, 2.24) is 0 Å². The minimum atomic E-state index is -0.270. The molecule has 0 spiro atoms. The highest BCUT2D eigenvalue weighted by atomic mass is 16.3. The predicted molar refractivity (Wildman–Crippen MR) is 53.2 cm³/mol. The van der Waals surface area contributed by atoms with E-state index in [1.165, 1.54) is 0 Å². The van der Waals surface area contributed by atoms with E-state index in [2.05, 4.69) is 0 Å². The van der Waals surface area contributed by atoms with Crippen molar-refractivity contribution in [1.29, 1.82) is 0 Å². The molecule has 0 amide bonds. The molecular formula is C11H14O2. The van der Waals surface area contributed by atoms with Crippen molar-refractivity contribution in [2.45, 2.75) is 26.7 Å². The van der Waals surface area contributed by atoms with Crippen LogP contribution >= 0.6 is 0 Å². The molecule has 70 valence electrons. The molecule has 2 nitrogen and oxygen atoms in total. The van der Waals surface area contributed by atoms with Gasteiger partial charge in [-0.3, -0.25) is 4.79 Å². The first kappa shape index (κ1) is 9.78. The van der Waals surface area contributed by atoms with Gasteiger partial charge in [-0.1, -0.05) is 32.0 Å². The molecule has 0 heterocycles. The van der Waals surface area contributed by atoms with E-state index < -0.39 is 0 Å². The molecule has 0 atom stereocenters. The molecule has 0 unspecified atom stereocenters. The van der Waals surface area contributed by atoms with Crippen LogP contribution < -0.4 is 5.43 Å². The van der Waals surface area contributed by atoms with E-state index in [0.717, 1.165) is 0 Å². The summed E-state index contributed by atoms with van der Waals surface area (Å²) in [7, 11) is 0. The molecule has 1 aromatic rings. The molecule has 0 bridgehead atoms. The molecule has 0 aliphatic heterocycles. The summed E-state index contributed by atoms with van der Waals surface area (Å²) in [5, 5.41) is 9.60. The average Bonchev–Trinajstić information content (AvgIpc) is 2.18. The molecule has 0 saturated heterocycles. The number of rotatable bonds is 1. The fourth-order valence-corrected chi connectivity index (χ4v) is 1.23. The number of hydrogen-bond donors (Lipinski definition) is 1. The highest BCUT2D eigenvalue weighted by Crippen LogP contribution is 2.20. The van der Waals surface area contributed by atoms with Gasteiger partial charge in [-0.15, -0.1) is 0 Å². The van der Waals surface area contributed by atoms with Gasteiger partial charge in [0.25, 0.3) is 0 Å². The van der Waals surface area contributed by atoms with Crippen LogP contribution in [0.3, 0.4) is 0 Å². The maximum absolute atomic E-state index is 11.4. The third-order valence-corrected chi connectivity index (χ3v) is 2.09. The zero-order chi connectivity index (χ0) is 10.0. The maximum atomic E-state index is 11.4. The van der Waals surface area contributed by atoms with E-state index in [9.17, 15) is 9.90 Å². The van der Waals surface area contributed by atoms with Gasteiger partial charge in [0.15, 0.2) is 5.75 Å². The Kier molecular flexibility index (Phi) is 2.71. The lowest BCUT2D eigenvalue weighted by Gasteiger charge is -2.02. The van der Waals surface area contributed by atoms with E-state index in [-0.39, 0.29) is 17.1 Å². The standard InChI is InChI=1S/C11H14O2/c1-7(2)9-6-4-5-8(3)10(12)11(9)13/h4-7H,1-3H3,(H,12,13). The molecule has 1 N–H and O–H groups in total. The highest BCUT2D eigenvalue weighted by molar-refractivity contribution is 5.35. The van der Waals surface area contributed by atoms with Crippen LogP contribution in [-0.2, 0) is 0 Å². The second kappa shape index (κ2) is 3.60. The molecule has 0 fully saturated rings. The quantitative estimate of drug-likeness (QED) is 0.715. The minimum Gasteiger partial charge on any atom is -0.504 e. The van der Waals surface area contributed by atoms with E-state index in [4.69, 9.17) is 0 Å². The summed E-state index contributed by atoms with van der Waals surface area (Å²) < 4.78 is 0. The van der Waals surface area contributed by atoms with E-state index in [1.807, 2.05) is 13.8 Å². The first-order valence-corrected chi connectivity index (χ1v) is 4.37. The van der Waals surface area contributed by atoms with Crippen LogP contribution in [0.25, 0.3) is 0 Å². The Morgan fingerprint density at radius 1 is 1.31 bits per heavy atom. The van der Waals surface area contributed by atoms with Crippen molar-refractivity contribution in [2.75, 3.05) is 0 Å². The lowest BCUT2D eigenvalue weighted by Crippen LogP contribution is -2.02. The van der Waals surface area contributed by atoms with Crippen LogP contribution in [0, 0.1) is 6.92 Å². The Bertz CT molecular complexity index is 367. The van der Waals surface area contributed by atoms with Crippen LogP contribution in [-0.4, -0.2) is 5.11 Å². The molecule has 0 aliphatic rings. The maximum Gasteiger partial charge on any atom is 0.223 e. The third kappa shape index (κ3) is 1.89. The van der Waals surface area contributed by atoms with Crippen LogP contribution in [0.4, 0.5) is 0 Å². The van der Waals surface area contributed by atoms with Crippen molar-refractivity contribution in [3.05, 3.63) is 39.5 Å². The molecule has 1 aromatic carbocycles. The lowest BCUT2D eigenvalue weighted by atomic mass is 10.0. The van der Waals surface area contributed by atoms with Crippen molar-refractivity contribution in [2.24, 2.45) is 0 Å². The topological polar surface area (TPSA) is 37.3 Å². The highest BCUT2D eigenvalue weighted by Gasteiger charge is 2.07. The fraction of sp³-hybridized carbons (Fsp3) is 0.364. The molecule has 0 aromatic heterocycles. The Balaban J connectivity index is 3.53. The smallest absolute Gasteiger partial charge is 0.223 e. The van der Waals surface area contributed by atoms with Gasteiger partial charge in [-0.2, -0.15) is 0 Å². The fourth-order valence-electron chi connectivity index (χ4n) is 1.23. The zero-order valence-electron chi connectivity index (χ0n) is 8.16. The van der Waals surface area contributed by atoms with Gasteiger partial charge in [-0.25, -0.2) is 0 Å². The zero-order valence-corrected chi connectivity index (χ0v) is 8.16. The van der Waals surface area contributed by atoms with Crippen LogP contribution in [0.2, 0.25) is 0 Å². The monoisotopic (exact) mass is 178 g/mol. The number of aryl methyl sites for hydroxylation is 1. The summed E-state index contributed by atoms with van der Waals surface area (Å²) in [6.07, 6.45) is 0. The van der Waals surface area contributed by atoms with Gasteiger partial charge < -0.3 is 5.11 Å². The Morgan fingerprint density at radius 2 is 1.92 bits per heavy atom. The van der Waals surface area contributed by atoms with Crippen LogP contribution in [0.5, 0.6) is 5.75 Å². The summed E-state index contributed by atoms with van der Waals surface area (Å²) in [6, 6.07) is 5.30. The first-order chi connectivity index (χ1) is 6.04. The van der Waals surface area contributed by atoms with Crippen LogP contribution in [0.1, 0.15) is 30.9 Å². The SMILES string of the molecule is Cc1cccc(C(C)C)c(O)c1=O. The largest absolute Gasteiger partial charge is 0.504 e. The molecular weight excluding hydrogens is 164 g/mol. The average molecular weight is 178 g/mol. The molecule has 0 aliphatic carbocycles. The van der Waals surface area contributed by atoms with Gasteiger partial charge in [0.1, 0.15) is 0 Å². The lowest BCUT2D eigenvalue weighted by molar-refractivity contribution is 0.460. The Morgan fingerprint density at radius 3 is 2.46 bits per heavy atom. The predicted octanol–water partition coefficient (Wildman–Crippen LogP) is 2.18. The molecule has 1 rings (SSSR count). The summed E-state index contributed by atoms with van der Waals surface area (Å²) in [6.45, 7) is 5.60. The normalized spacial score (nSPS) is 10.5. The summed E-state index contributed by atoms with van der Waals surface area (Å²) >= 11 is 0. The summed E-state index contributed by atoms with van der Waals surface area (Å²) in [5.41, 5.74) is 1.01. The van der Waals surface area contributed by atoms with Crippen molar-refractivity contribution < 1.29 is 5.11 Å². The molecule has 13 heavy (non-hydrogen) atoms. The molecule has 0 saturated carbocycles. The summed E-state index contributed by atoms with van der Waals surface area (Å²) in [5.74, 6) is 0.0528. The molecule has 0 radical (unpaired) electrons. The van der Waals surface area contributed by atoms with Gasteiger partial charge >= 0.3 is 0 Å². The van der Waals surface area contributed by atoms with Crippen LogP contribution in [0.15, 0.2) is 23.0 Å². The number of hydrogen-bond acceptors (Lipinski definition) is 2. The summed E-state index contributed by atoms with van der Waals surface area (Å²) in [4.78, 5) is 11.4. The van der Waals surface area contributed by atoms with E-state index >= 15 is 0 Å². The molecule has 2 heteroatoms. The van der Waals surface area contributed by atoms with Crippen molar-refractivity contribution in [3.8, 4) is 5.75 Å². The Labute approximate surface area is 77.9 Å². The van der Waals surface area contributed by atoms with Gasteiger partial charge in [0.2, 0.25) is 5.43 Å². The third-order valence-electron chi connectivity index (χ3n) is 2.09. The van der Waals surface area contributed by atoms with Gasteiger partial charge in [0.05, 0.1) is 0 Å².